The third kappa shape index (κ3) is 2.04. The third-order valence-corrected chi connectivity index (χ3v) is 3.97. The third-order valence-electron chi connectivity index (χ3n) is 2.94. The maximum absolute atomic E-state index is 10.9. The molecule has 5 heteroatoms. The summed E-state index contributed by atoms with van der Waals surface area (Å²) in [5.74, 6) is -0.932. The van der Waals surface area contributed by atoms with Gasteiger partial charge in [-0.3, -0.25) is 0 Å². The summed E-state index contributed by atoms with van der Waals surface area (Å²) < 4.78 is 0. The van der Waals surface area contributed by atoms with Crippen molar-refractivity contribution in [2.24, 2.45) is 5.41 Å². The van der Waals surface area contributed by atoms with Crippen molar-refractivity contribution in [3.63, 3.8) is 0 Å². The standard InChI is InChI=1S/C11H16N2O2S/c1-7-8(9(14)15)12-10(16-7)13-5-4-11(2,3)6-13/h4-6H2,1-3H3,(H,14,15). The van der Waals surface area contributed by atoms with E-state index in [-0.39, 0.29) is 5.69 Å². The van der Waals surface area contributed by atoms with Gasteiger partial charge >= 0.3 is 5.97 Å². The van der Waals surface area contributed by atoms with Gasteiger partial charge in [-0.05, 0) is 18.8 Å². The highest BCUT2D eigenvalue weighted by molar-refractivity contribution is 7.15. The lowest BCUT2D eigenvalue weighted by molar-refractivity contribution is 0.0690. The van der Waals surface area contributed by atoms with Crippen LogP contribution >= 0.6 is 11.3 Å². The molecule has 1 aliphatic heterocycles. The van der Waals surface area contributed by atoms with Crippen molar-refractivity contribution in [2.75, 3.05) is 18.0 Å². The number of aromatic nitrogens is 1. The van der Waals surface area contributed by atoms with Crippen molar-refractivity contribution >= 4 is 22.4 Å². The molecule has 0 aliphatic carbocycles. The lowest BCUT2D eigenvalue weighted by Gasteiger charge is -2.18. The maximum Gasteiger partial charge on any atom is 0.355 e. The minimum absolute atomic E-state index is 0.199. The molecule has 4 nitrogen and oxygen atoms in total. The van der Waals surface area contributed by atoms with Crippen molar-refractivity contribution in [2.45, 2.75) is 27.2 Å². The Morgan fingerprint density at radius 3 is 2.69 bits per heavy atom. The number of carboxylic acid groups (broad SMARTS) is 1. The Kier molecular flexibility index (Phi) is 2.66. The highest BCUT2D eigenvalue weighted by Gasteiger charge is 2.31. The molecule has 2 heterocycles. The molecule has 2 rings (SSSR count). The summed E-state index contributed by atoms with van der Waals surface area (Å²) in [4.78, 5) is 18.1. The van der Waals surface area contributed by atoms with Gasteiger partial charge in [0.05, 0.1) is 0 Å². The average molecular weight is 240 g/mol. The number of hydrogen-bond acceptors (Lipinski definition) is 4. The molecule has 0 saturated carbocycles. The van der Waals surface area contributed by atoms with E-state index in [2.05, 4.69) is 23.7 Å². The van der Waals surface area contributed by atoms with Crippen LogP contribution in [0.15, 0.2) is 0 Å². The largest absolute Gasteiger partial charge is 0.476 e. The Balaban J connectivity index is 2.23. The van der Waals surface area contributed by atoms with E-state index in [4.69, 9.17) is 5.11 Å². The second-order valence-corrected chi connectivity index (χ2v) is 6.22. The average Bonchev–Trinajstić information content (AvgIpc) is 2.69. The second-order valence-electron chi connectivity index (χ2n) is 5.04. The lowest BCUT2D eigenvalue weighted by Crippen LogP contribution is -2.22. The Labute approximate surface area is 98.9 Å². The zero-order chi connectivity index (χ0) is 11.9. The molecule has 0 atom stereocenters. The molecule has 1 aromatic heterocycles. The van der Waals surface area contributed by atoms with E-state index in [1.54, 1.807) is 0 Å². The van der Waals surface area contributed by atoms with Crippen LogP contribution in [-0.2, 0) is 0 Å². The fraction of sp³-hybridized carbons (Fsp3) is 0.636. The first-order valence-corrected chi connectivity index (χ1v) is 6.16. The van der Waals surface area contributed by atoms with Gasteiger partial charge in [-0.2, -0.15) is 0 Å². The van der Waals surface area contributed by atoms with Crippen molar-refractivity contribution in [3.8, 4) is 0 Å². The number of aromatic carboxylic acids is 1. The lowest BCUT2D eigenvalue weighted by atomic mass is 9.93. The van der Waals surface area contributed by atoms with Crippen LogP contribution in [-0.4, -0.2) is 29.1 Å². The van der Waals surface area contributed by atoms with E-state index in [1.165, 1.54) is 11.3 Å². The van der Waals surface area contributed by atoms with E-state index in [9.17, 15) is 4.79 Å². The van der Waals surface area contributed by atoms with Gasteiger partial charge < -0.3 is 10.0 Å². The van der Waals surface area contributed by atoms with Gasteiger partial charge in [0.25, 0.3) is 0 Å². The zero-order valence-electron chi connectivity index (χ0n) is 9.78. The van der Waals surface area contributed by atoms with Crippen LogP contribution in [0.25, 0.3) is 0 Å². The Hall–Kier alpha value is -1.10. The molecule has 1 fully saturated rings. The van der Waals surface area contributed by atoms with Gasteiger partial charge in [-0.1, -0.05) is 13.8 Å². The smallest absolute Gasteiger partial charge is 0.355 e. The number of hydrogen-bond donors (Lipinski definition) is 1. The summed E-state index contributed by atoms with van der Waals surface area (Å²) in [5, 5.41) is 9.80. The van der Waals surface area contributed by atoms with Crippen LogP contribution in [0, 0.1) is 12.3 Å². The van der Waals surface area contributed by atoms with Crippen molar-refractivity contribution in [1.29, 1.82) is 0 Å². The molecule has 0 unspecified atom stereocenters. The quantitative estimate of drug-likeness (QED) is 0.862. The summed E-state index contributed by atoms with van der Waals surface area (Å²) >= 11 is 1.47. The van der Waals surface area contributed by atoms with Gasteiger partial charge in [0.2, 0.25) is 0 Å². The molecule has 0 bridgehead atoms. The van der Waals surface area contributed by atoms with Gasteiger partial charge in [-0.15, -0.1) is 11.3 Å². The molecule has 88 valence electrons. The Morgan fingerprint density at radius 2 is 2.25 bits per heavy atom. The monoisotopic (exact) mass is 240 g/mol. The number of nitrogens with zero attached hydrogens (tertiary/aromatic N) is 2. The maximum atomic E-state index is 10.9. The van der Waals surface area contributed by atoms with E-state index >= 15 is 0 Å². The predicted molar refractivity (Wildman–Crippen MR) is 64.4 cm³/mol. The Bertz CT molecular complexity index is 426. The van der Waals surface area contributed by atoms with E-state index in [0.29, 0.717) is 5.41 Å². The molecule has 1 saturated heterocycles. The first-order valence-electron chi connectivity index (χ1n) is 5.35. The number of carboxylic acids is 1. The number of carbonyl (C=O) groups is 1. The highest BCUT2D eigenvalue weighted by atomic mass is 32.1. The molecule has 0 amide bonds. The van der Waals surface area contributed by atoms with Crippen LogP contribution < -0.4 is 4.90 Å². The first-order chi connectivity index (χ1) is 7.39. The second kappa shape index (κ2) is 3.73. The van der Waals surface area contributed by atoms with Gasteiger partial charge in [0.15, 0.2) is 10.8 Å². The molecule has 1 aromatic rings. The molecule has 1 N–H and O–H groups in total. The van der Waals surface area contributed by atoms with Crippen LogP contribution in [0.5, 0.6) is 0 Å². The van der Waals surface area contributed by atoms with E-state index in [0.717, 1.165) is 29.5 Å². The number of anilines is 1. The molecular formula is C11H16N2O2S. The predicted octanol–water partition coefficient (Wildman–Crippen LogP) is 2.39. The number of rotatable bonds is 2. The van der Waals surface area contributed by atoms with Crippen LogP contribution in [0.3, 0.4) is 0 Å². The molecule has 0 spiro atoms. The fourth-order valence-corrected chi connectivity index (χ4v) is 2.92. The van der Waals surface area contributed by atoms with Crippen LogP contribution in [0.2, 0.25) is 0 Å². The highest BCUT2D eigenvalue weighted by Crippen LogP contribution is 2.35. The number of aryl methyl sites for hydroxylation is 1. The topological polar surface area (TPSA) is 53.4 Å². The molecule has 16 heavy (non-hydrogen) atoms. The Morgan fingerprint density at radius 1 is 1.56 bits per heavy atom. The van der Waals surface area contributed by atoms with Crippen LogP contribution in [0.1, 0.15) is 35.6 Å². The van der Waals surface area contributed by atoms with Gasteiger partial charge in [0, 0.05) is 18.0 Å². The van der Waals surface area contributed by atoms with Gasteiger partial charge in [0.1, 0.15) is 0 Å². The molecule has 0 radical (unpaired) electrons. The first kappa shape index (κ1) is 11.4. The van der Waals surface area contributed by atoms with Crippen molar-refractivity contribution in [3.05, 3.63) is 10.6 Å². The molecular weight excluding hydrogens is 224 g/mol. The summed E-state index contributed by atoms with van der Waals surface area (Å²) in [6.45, 7) is 8.20. The fourth-order valence-electron chi connectivity index (χ4n) is 1.99. The summed E-state index contributed by atoms with van der Waals surface area (Å²) in [6, 6.07) is 0. The summed E-state index contributed by atoms with van der Waals surface area (Å²) in [5.41, 5.74) is 0.507. The van der Waals surface area contributed by atoms with E-state index in [1.807, 2.05) is 6.92 Å². The summed E-state index contributed by atoms with van der Waals surface area (Å²) in [7, 11) is 0. The molecule has 1 aliphatic rings. The van der Waals surface area contributed by atoms with Crippen LogP contribution in [0.4, 0.5) is 5.13 Å². The number of thiazole rings is 1. The molecule has 0 aromatic carbocycles. The summed E-state index contributed by atoms with van der Waals surface area (Å²) in [6.07, 6.45) is 1.13. The zero-order valence-corrected chi connectivity index (χ0v) is 10.6. The normalized spacial score (nSPS) is 19.1. The van der Waals surface area contributed by atoms with Gasteiger partial charge in [-0.25, -0.2) is 9.78 Å². The minimum atomic E-state index is -0.932. The minimum Gasteiger partial charge on any atom is -0.476 e. The van der Waals surface area contributed by atoms with E-state index < -0.39 is 5.97 Å². The SMILES string of the molecule is Cc1sc(N2CCC(C)(C)C2)nc1C(=O)O. The van der Waals surface area contributed by atoms with Crippen molar-refractivity contribution < 1.29 is 9.90 Å². The van der Waals surface area contributed by atoms with Crippen molar-refractivity contribution in [1.82, 2.24) is 4.98 Å².